The van der Waals surface area contributed by atoms with Gasteiger partial charge in [0.1, 0.15) is 6.04 Å². The molecule has 0 saturated carbocycles. The van der Waals surface area contributed by atoms with Crippen molar-refractivity contribution in [3.63, 3.8) is 0 Å². The van der Waals surface area contributed by atoms with E-state index in [9.17, 15) is 19.2 Å². The van der Waals surface area contributed by atoms with E-state index in [1.165, 1.54) is 0 Å². The fourth-order valence-corrected chi connectivity index (χ4v) is 8.51. The zero-order chi connectivity index (χ0) is 39.6. The number of carbonyl (C=O) groups excluding carboxylic acids is 3. The van der Waals surface area contributed by atoms with Gasteiger partial charge in [-0.15, -0.1) is 0 Å². The first-order chi connectivity index (χ1) is 26.9. The third kappa shape index (κ3) is 8.78. The highest BCUT2D eigenvalue weighted by Crippen LogP contribution is 2.28. The van der Waals surface area contributed by atoms with Gasteiger partial charge in [-0.05, 0) is 114 Å². The van der Waals surface area contributed by atoms with E-state index >= 15 is 0 Å². The van der Waals surface area contributed by atoms with Gasteiger partial charge in [0.2, 0.25) is 5.91 Å². The van der Waals surface area contributed by atoms with Crippen LogP contribution in [0.25, 0.3) is 21.8 Å². The Hall–Kier alpha value is -4.75. The molecule has 5 heterocycles. The monoisotopic (exact) mass is 766 g/mol. The molecule has 2 N–H and O–H groups in total. The molecule has 3 saturated heterocycles. The molecule has 2 aromatic carbocycles. The highest BCUT2D eigenvalue weighted by Gasteiger charge is 2.34. The van der Waals surface area contributed by atoms with Crippen LogP contribution in [0.2, 0.25) is 0 Å². The summed E-state index contributed by atoms with van der Waals surface area (Å²) in [6.07, 6.45) is 6.48. The summed E-state index contributed by atoms with van der Waals surface area (Å²) in [6.45, 7) is 13.8. The number of rotatable bonds is 10. The van der Waals surface area contributed by atoms with Gasteiger partial charge in [-0.3, -0.25) is 19.3 Å². The summed E-state index contributed by atoms with van der Waals surface area (Å²) in [5.41, 5.74) is 3.57. The highest BCUT2D eigenvalue weighted by atomic mass is 16.5. The van der Waals surface area contributed by atoms with Crippen molar-refractivity contribution in [2.75, 3.05) is 59.4 Å². The Morgan fingerprint density at radius 2 is 1.64 bits per heavy atom. The van der Waals surface area contributed by atoms with Gasteiger partial charge in [0.25, 0.3) is 5.56 Å². The van der Waals surface area contributed by atoms with Gasteiger partial charge in [-0.2, -0.15) is 5.10 Å². The molecule has 3 aliphatic heterocycles. The van der Waals surface area contributed by atoms with Crippen LogP contribution < -0.4 is 10.9 Å². The molecule has 1 atom stereocenters. The molecule has 0 aliphatic carbocycles. The fourth-order valence-electron chi connectivity index (χ4n) is 8.51. The molecular formula is C43H58N8O5. The largest absolute Gasteiger partial charge is 0.442 e. The third-order valence-electron chi connectivity index (χ3n) is 12.5. The first-order valence-corrected chi connectivity index (χ1v) is 20.4. The molecule has 13 nitrogen and oxygen atoms in total. The van der Waals surface area contributed by atoms with E-state index in [1.807, 2.05) is 81.3 Å². The Bertz CT molecular complexity index is 2100. The van der Waals surface area contributed by atoms with Gasteiger partial charge in [-0.1, -0.05) is 31.2 Å². The Balaban J connectivity index is 1.05. The van der Waals surface area contributed by atoms with E-state index in [4.69, 9.17) is 4.74 Å². The zero-order valence-corrected chi connectivity index (χ0v) is 33.7. The van der Waals surface area contributed by atoms with Crippen LogP contribution in [0.5, 0.6) is 0 Å². The number of amides is 3. The number of likely N-dealkylation sites (tertiary alicyclic amines) is 2. The van der Waals surface area contributed by atoms with E-state index < -0.39 is 11.5 Å². The second-order valence-electron chi connectivity index (χ2n) is 16.8. The molecule has 3 fully saturated rings. The number of para-hydroxylation sites is 1. The minimum Gasteiger partial charge on any atom is -0.442 e. The van der Waals surface area contributed by atoms with E-state index in [0.717, 1.165) is 77.5 Å². The predicted octanol–water partition coefficient (Wildman–Crippen LogP) is 4.86. The van der Waals surface area contributed by atoms with Crippen LogP contribution in [0.3, 0.4) is 0 Å². The number of H-pyrrole nitrogens is 1. The summed E-state index contributed by atoms with van der Waals surface area (Å²) in [5, 5.41) is 9.72. The number of hydrogen-bond donors (Lipinski definition) is 2. The normalized spacial score (nSPS) is 18.7. The first kappa shape index (κ1) is 39.5. The van der Waals surface area contributed by atoms with Crippen molar-refractivity contribution in [3.05, 3.63) is 75.7 Å². The standard InChI is InChI=1S/C43H58N8O5/c1-6-43(3,4)41(54)56-28-51-27-33-24-30(23-29(2)38(33)46-51)25-37(40(53)49-21-19-48(20-22-49)34-13-15-47(5)16-14-34)45-42(55)50-17-11-31(12-18-50)35-26-32-9-7-8-10-36(32)44-39(35)52/h7-10,23-24,26-27,31,34,37H,6,11-22,25,28H2,1-5H3,(H,44,52)(H,45,55)/t37-/m1/s1. The van der Waals surface area contributed by atoms with Crippen LogP contribution in [-0.2, 0) is 27.5 Å². The summed E-state index contributed by atoms with van der Waals surface area (Å²) >= 11 is 0. The number of hydrogen-bond acceptors (Lipinski definition) is 8. The van der Waals surface area contributed by atoms with Gasteiger partial charge < -0.3 is 29.7 Å². The van der Waals surface area contributed by atoms with E-state index in [1.54, 1.807) is 9.58 Å². The molecule has 0 spiro atoms. The summed E-state index contributed by atoms with van der Waals surface area (Å²) in [4.78, 5) is 65.6. The van der Waals surface area contributed by atoms with Crippen molar-refractivity contribution < 1.29 is 19.1 Å². The summed E-state index contributed by atoms with van der Waals surface area (Å²) in [6, 6.07) is 13.3. The number of nitrogens with zero attached hydrogens (tertiary/aromatic N) is 6. The number of aromatic nitrogens is 3. The minimum atomic E-state index is -0.762. The number of piperidine rings is 2. The number of pyridine rings is 1. The number of aromatic amines is 1. The Labute approximate surface area is 329 Å². The quantitative estimate of drug-likeness (QED) is 0.219. The van der Waals surface area contributed by atoms with Crippen LogP contribution in [0.1, 0.15) is 75.5 Å². The summed E-state index contributed by atoms with van der Waals surface area (Å²) < 4.78 is 7.22. The highest BCUT2D eigenvalue weighted by molar-refractivity contribution is 5.88. The summed E-state index contributed by atoms with van der Waals surface area (Å²) in [7, 11) is 2.17. The van der Waals surface area contributed by atoms with Crippen LogP contribution in [-0.4, -0.2) is 124 Å². The lowest BCUT2D eigenvalue weighted by molar-refractivity contribution is -0.158. The van der Waals surface area contributed by atoms with Crippen LogP contribution in [0.4, 0.5) is 4.79 Å². The van der Waals surface area contributed by atoms with E-state index in [-0.39, 0.29) is 36.1 Å². The molecule has 0 bridgehead atoms. The average molecular weight is 767 g/mol. The number of nitrogens with one attached hydrogen (secondary N) is 2. The maximum Gasteiger partial charge on any atom is 0.318 e. The molecule has 13 heteroatoms. The van der Waals surface area contributed by atoms with E-state index in [0.29, 0.717) is 57.9 Å². The number of ether oxygens (including phenoxy) is 1. The molecule has 300 valence electrons. The zero-order valence-electron chi connectivity index (χ0n) is 33.7. The second-order valence-corrected chi connectivity index (χ2v) is 16.8. The topological polar surface area (TPSA) is 136 Å². The van der Waals surface area contributed by atoms with Crippen molar-refractivity contribution in [2.24, 2.45) is 5.41 Å². The Morgan fingerprint density at radius 3 is 2.36 bits per heavy atom. The van der Waals surface area contributed by atoms with Crippen molar-refractivity contribution >= 4 is 39.7 Å². The Morgan fingerprint density at radius 1 is 0.929 bits per heavy atom. The lowest BCUT2D eigenvalue weighted by Crippen LogP contribution is -2.59. The average Bonchev–Trinajstić information content (AvgIpc) is 3.63. The molecule has 4 aromatic rings. The number of carbonyl (C=O) groups is 3. The molecule has 0 radical (unpaired) electrons. The van der Waals surface area contributed by atoms with Gasteiger partial charge >= 0.3 is 12.0 Å². The maximum atomic E-state index is 14.4. The third-order valence-corrected chi connectivity index (χ3v) is 12.5. The lowest BCUT2D eigenvalue weighted by Gasteiger charge is -2.43. The maximum absolute atomic E-state index is 14.4. The number of aryl methyl sites for hydroxylation is 1. The molecule has 7 rings (SSSR count). The number of piperazine rings is 1. The van der Waals surface area contributed by atoms with Crippen LogP contribution in [0, 0.1) is 12.3 Å². The van der Waals surface area contributed by atoms with Crippen molar-refractivity contribution in [1.29, 1.82) is 0 Å². The molecule has 3 amide bonds. The van der Waals surface area contributed by atoms with E-state index in [2.05, 4.69) is 32.2 Å². The number of fused-ring (bicyclic) bond motifs is 2. The minimum absolute atomic E-state index is 0.0123. The van der Waals surface area contributed by atoms with Gasteiger partial charge in [0.15, 0.2) is 6.73 Å². The summed E-state index contributed by atoms with van der Waals surface area (Å²) in [5.74, 6) is -0.298. The van der Waals surface area contributed by atoms with Crippen molar-refractivity contribution in [3.8, 4) is 0 Å². The molecule has 0 unspecified atom stereocenters. The molecule has 2 aromatic heterocycles. The van der Waals surface area contributed by atoms with Gasteiger partial charge in [0, 0.05) is 74.4 Å². The fraction of sp³-hybridized carbons (Fsp3) is 0.558. The van der Waals surface area contributed by atoms with Gasteiger partial charge in [-0.25, -0.2) is 9.48 Å². The van der Waals surface area contributed by atoms with Crippen LogP contribution in [0.15, 0.2) is 53.5 Å². The lowest BCUT2D eigenvalue weighted by atomic mass is 9.89. The predicted molar refractivity (Wildman–Crippen MR) is 217 cm³/mol. The second kappa shape index (κ2) is 16.8. The molecule has 3 aliphatic rings. The number of esters is 1. The van der Waals surface area contributed by atoms with Crippen LogP contribution >= 0.6 is 0 Å². The Kier molecular flexibility index (Phi) is 11.8. The molecular weight excluding hydrogens is 709 g/mol. The first-order valence-electron chi connectivity index (χ1n) is 20.4. The van der Waals surface area contributed by atoms with Crippen molar-refractivity contribution in [2.45, 2.75) is 91.0 Å². The smallest absolute Gasteiger partial charge is 0.318 e. The molecule has 56 heavy (non-hydrogen) atoms. The van der Waals surface area contributed by atoms with Crippen molar-refractivity contribution in [1.82, 2.24) is 39.7 Å². The van der Waals surface area contributed by atoms with Gasteiger partial charge in [0.05, 0.1) is 10.9 Å². The SMILES string of the molecule is CCC(C)(C)C(=O)OCn1cc2cc(C[C@@H](NC(=O)N3CCC(c4cc5ccccc5[nH]c4=O)CC3)C(=O)N3CCN(C4CCN(C)CC4)CC3)cc(C)c2n1. The number of benzene rings is 2. The number of urea groups is 1.